The van der Waals surface area contributed by atoms with Gasteiger partial charge in [-0.25, -0.2) is 8.78 Å². The molecule has 1 unspecified atom stereocenters. The van der Waals surface area contributed by atoms with E-state index in [4.69, 9.17) is 4.74 Å². The molecule has 30 heavy (non-hydrogen) atoms. The Kier molecular flexibility index (Phi) is 5.65. The Hall–Kier alpha value is -3.41. The first kappa shape index (κ1) is 19.9. The molecule has 154 valence electrons. The molecule has 1 heterocycles. The molecule has 1 amide bonds. The molecular formula is C24H22F2N2O2. The summed E-state index contributed by atoms with van der Waals surface area (Å²) in [7, 11) is 1.45. The lowest BCUT2D eigenvalue weighted by molar-refractivity contribution is 0.0787. The first-order valence-corrected chi connectivity index (χ1v) is 9.79. The van der Waals surface area contributed by atoms with Crippen LogP contribution in [0.25, 0.3) is 11.1 Å². The Labute approximate surface area is 174 Å². The van der Waals surface area contributed by atoms with E-state index in [9.17, 15) is 13.6 Å². The van der Waals surface area contributed by atoms with Gasteiger partial charge in [-0.2, -0.15) is 0 Å². The van der Waals surface area contributed by atoms with Gasteiger partial charge in [0.2, 0.25) is 0 Å². The number of halogens is 2. The van der Waals surface area contributed by atoms with Crippen LogP contribution in [0.2, 0.25) is 0 Å². The van der Waals surface area contributed by atoms with E-state index >= 15 is 0 Å². The van der Waals surface area contributed by atoms with Gasteiger partial charge in [-0.1, -0.05) is 24.3 Å². The van der Waals surface area contributed by atoms with E-state index in [-0.39, 0.29) is 23.1 Å². The SMILES string of the molecule is COc1ccc(-c2ccc(C(=O)N3CCC(Nc4ccccc4)C3)c(F)c2)c(F)c1. The van der Waals surface area contributed by atoms with Crippen LogP contribution in [0.3, 0.4) is 0 Å². The normalized spacial score (nSPS) is 15.8. The zero-order valence-corrected chi connectivity index (χ0v) is 16.6. The minimum absolute atomic E-state index is 0.00645. The number of carbonyl (C=O) groups excluding carboxylic acids is 1. The largest absolute Gasteiger partial charge is 0.497 e. The minimum Gasteiger partial charge on any atom is -0.497 e. The quantitative estimate of drug-likeness (QED) is 0.648. The summed E-state index contributed by atoms with van der Waals surface area (Å²) in [5.41, 5.74) is 1.61. The number of ether oxygens (including phenoxy) is 1. The average molecular weight is 408 g/mol. The van der Waals surface area contributed by atoms with E-state index in [0.717, 1.165) is 12.1 Å². The van der Waals surface area contributed by atoms with Gasteiger partial charge in [0.1, 0.15) is 17.4 Å². The number of nitrogens with zero attached hydrogens (tertiary/aromatic N) is 1. The van der Waals surface area contributed by atoms with Gasteiger partial charge >= 0.3 is 0 Å². The fourth-order valence-electron chi connectivity index (χ4n) is 3.72. The molecular weight excluding hydrogens is 386 g/mol. The van der Waals surface area contributed by atoms with Crippen LogP contribution in [-0.4, -0.2) is 37.0 Å². The smallest absolute Gasteiger partial charge is 0.256 e. The van der Waals surface area contributed by atoms with Crippen LogP contribution in [-0.2, 0) is 0 Å². The number of nitrogens with one attached hydrogen (secondary N) is 1. The second-order valence-electron chi connectivity index (χ2n) is 7.29. The summed E-state index contributed by atoms with van der Waals surface area (Å²) in [6.07, 6.45) is 0.789. The van der Waals surface area contributed by atoms with E-state index in [2.05, 4.69) is 5.32 Å². The van der Waals surface area contributed by atoms with Gasteiger partial charge in [-0.3, -0.25) is 4.79 Å². The molecule has 0 bridgehead atoms. The fraction of sp³-hybridized carbons (Fsp3) is 0.208. The predicted molar refractivity (Wildman–Crippen MR) is 113 cm³/mol. The molecule has 0 saturated carbocycles. The van der Waals surface area contributed by atoms with Crippen molar-refractivity contribution >= 4 is 11.6 Å². The van der Waals surface area contributed by atoms with Gasteiger partial charge in [0.15, 0.2) is 0 Å². The molecule has 1 N–H and O–H groups in total. The van der Waals surface area contributed by atoms with Crippen molar-refractivity contribution in [2.75, 3.05) is 25.5 Å². The highest BCUT2D eigenvalue weighted by atomic mass is 19.1. The van der Waals surface area contributed by atoms with Crippen LogP contribution < -0.4 is 10.1 Å². The van der Waals surface area contributed by atoms with Gasteiger partial charge in [0.05, 0.1) is 12.7 Å². The van der Waals surface area contributed by atoms with E-state index in [0.29, 0.717) is 24.4 Å². The maximum Gasteiger partial charge on any atom is 0.256 e. The van der Waals surface area contributed by atoms with Crippen molar-refractivity contribution in [2.45, 2.75) is 12.5 Å². The predicted octanol–water partition coefficient (Wildman–Crippen LogP) is 4.97. The molecule has 4 nitrogen and oxygen atoms in total. The van der Waals surface area contributed by atoms with Crippen LogP contribution in [0.1, 0.15) is 16.8 Å². The summed E-state index contributed by atoms with van der Waals surface area (Å²) < 4.78 is 34.0. The second kappa shape index (κ2) is 8.53. The first-order valence-electron chi connectivity index (χ1n) is 9.79. The molecule has 1 aliphatic rings. The molecule has 6 heteroatoms. The summed E-state index contributed by atoms with van der Waals surface area (Å²) in [4.78, 5) is 14.5. The molecule has 4 rings (SSSR count). The average Bonchev–Trinajstić information content (AvgIpc) is 3.22. The molecule has 3 aromatic rings. The van der Waals surface area contributed by atoms with Crippen molar-refractivity contribution in [3.63, 3.8) is 0 Å². The van der Waals surface area contributed by atoms with Gasteiger partial charge in [-0.15, -0.1) is 0 Å². The highest BCUT2D eigenvalue weighted by Crippen LogP contribution is 2.28. The van der Waals surface area contributed by atoms with Crippen LogP contribution in [0, 0.1) is 11.6 Å². The van der Waals surface area contributed by atoms with E-state index < -0.39 is 11.6 Å². The molecule has 3 aromatic carbocycles. The second-order valence-corrected chi connectivity index (χ2v) is 7.29. The zero-order valence-electron chi connectivity index (χ0n) is 16.6. The van der Waals surface area contributed by atoms with Gasteiger partial charge in [-0.05, 0) is 48.4 Å². The number of para-hydroxylation sites is 1. The van der Waals surface area contributed by atoms with E-state index in [1.807, 2.05) is 30.3 Å². The van der Waals surface area contributed by atoms with Crippen molar-refractivity contribution in [2.24, 2.45) is 0 Å². The van der Waals surface area contributed by atoms with Gasteiger partial charge in [0.25, 0.3) is 5.91 Å². The number of methoxy groups -OCH3 is 1. The Morgan fingerprint density at radius 3 is 2.53 bits per heavy atom. The number of rotatable bonds is 5. The molecule has 1 saturated heterocycles. The number of benzene rings is 3. The first-order chi connectivity index (χ1) is 14.5. The summed E-state index contributed by atoms with van der Waals surface area (Å²) in [6, 6.07) is 18.5. The summed E-state index contributed by atoms with van der Waals surface area (Å²) >= 11 is 0. The summed E-state index contributed by atoms with van der Waals surface area (Å²) in [5, 5.41) is 3.40. The van der Waals surface area contributed by atoms with E-state index in [1.54, 1.807) is 17.0 Å². The molecule has 1 fully saturated rings. The van der Waals surface area contributed by atoms with Gasteiger partial charge in [0, 0.05) is 36.4 Å². The van der Waals surface area contributed by atoms with Gasteiger partial charge < -0.3 is 15.0 Å². The summed E-state index contributed by atoms with van der Waals surface area (Å²) in [5.74, 6) is -1.14. The fourth-order valence-corrected chi connectivity index (χ4v) is 3.72. The van der Waals surface area contributed by atoms with Crippen LogP contribution in [0.15, 0.2) is 66.7 Å². The topological polar surface area (TPSA) is 41.6 Å². The highest BCUT2D eigenvalue weighted by Gasteiger charge is 2.28. The third kappa shape index (κ3) is 4.13. The maximum atomic E-state index is 14.8. The van der Waals surface area contributed by atoms with Crippen LogP contribution in [0.4, 0.5) is 14.5 Å². The monoisotopic (exact) mass is 408 g/mol. The van der Waals surface area contributed by atoms with E-state index in [1.165, 1.54) is 31.4 Å². The number of amides is 1. The number of anilines is 1. The number of likely N-dealkylation sites (tertiary alicyclic amines) is 1. The molecule has 1 aliphatic heterocycles. The molecule has 0 aromatic heterocycles. The third-order valence-electron chi connectivity index (χ3n) is 5.31. The molecule has 0 aliphatic carbocycles. The number of carbonyl (C=O) groups is 1. The highest BCUT2D eigenvalue weighted by molar-refractivity contribution is 5.95. The van der Waals surface area contributed by atoms with Crippen molar-refractivity contribution in [3.05, 3.63) is 83.9 Å². The number of hydrogen-bond acceptors (Lipinski definition) is 3. The van der Waals surface area contributed by atoms with Crippen molar-refractivity contribution < 1.29 is 18.3 Å². The maximum absolute atomic E-state index is 14.8. The Balaban J connectivity index is 1.47. The van der Waals surface area contributed by atoms with Crippen molar-refractivity contribution in [3.8, 4) is 16.9 Å². The summed E-state index contributed by atoms with van der Waals surface area (Å²) in [6.45, 7) is 1.06. The van der Waals surface area contributed by atoms with Crippen LogP contribution >= 0.6 is 0 Å². The molecule has 0 spiro atoms. The lowest BCUT2D eigenvalue weighted by Crippen LogP contribution is -2.32. The minimum atomic E-state index is -0.660. The van der Waals surface area contributed by atoms with Crippen LogP contribution in [0.5, 0.6) is 5.75 Å². The molecule has 0 radical (unpaired) electrons. The standard InChI is InChI=1S/C24H22F2N2O2/c1-30-19-8-10-20(23(26)14-19)16-7-9-21(22(25)13-16)24(29)28-12-11-18(15-28)27-17-5-3-2-4-6-17/h2-10,13-14,18,27H,11-12,15H2,1H3. The Bertz CT molecular complexity index is 1060. The zero-order chi connectivity index (χ0) is 21.1. The van der Waals surface area contributed by atoms with Crippen molar-refractivity contribution in [1.82, 2.24) is 4.90 Å². The Morgan fingerprint density at radius 1 is 1.03 bits per heavy atom. The lowest BCUT2D eigenvalue weighted by atomic mass is 10.0. The third-order valence-corrected chi connectivity index (χ3v) is 5.31. The Morgan fingerprint density at radius 2 is 1.83 bits per heavy atom. The van der Waals surface area contributed by atoms with Crippen molar-refractivity contribution in [1.29, 1.82) is 0 Å². The molecule has 1 atom stereocenters. The lowest BCUT2D eigenvalue weighted by Gasteiger charge is -2.18. The number of hydrogen-bond donors (Lipinski definition) is 1.